The Labute approximate surface area is 219 Å². The number of piperazine rings is 1. The molecule has 1 saturated heterocycles. The van der Waals surface area contributed by atoms with E-state index >= 15 is 0 Å². The summed E-state index contributed by atoms with van der Waals surface area (Å²) in [6.45, 7) is 4.66. The molecule has 2 amide bonds. The van der Waals surface area contributed by atoms with Gasteiger partial charge >= 0.3 is 0 Å². The lowest BCUT2D eigenvalue weighted by atomic mass is 10.1. The van der Waals surface area contributed by atoms with Crippen molar-refractivity contribution in [2.45, 2.75) is 6.92 Å². The number of aromatic nitrogens is 2. The molecule has 10 heteroatoms. The zero-order chi connectivity index (χ0) is 24.9. The van der Waals surface area contributed by atoms with Crippen LogP contribution in [0.2, 0.25) is 15.1 Å². The monoisotopic (exact) mass is 531 g/mol. The second kappa shape index (κ2) is 11.2. The van der Waals surface area contributed by atoms with Crippen molar-refractivity contribution in [2.24, 2.45) is 0 Å². The Morgan fingerprint density at radius 3 is 2.17 bits per heavy atom. The molecule has 182 valence electrons. The van der Waals surface area contributed by atoms with E-state index in [4.69, 9.17) is 34.8 Å². The van der Waals surface area contributed by atoms with Gasteiger partial charge in [-0.05, 0) is 61.5 Å². The van der Waals surface area contributed by atoms with Crippen molar-refractivity contribution < 1.29 is 9.59 Å². The maximum Gasteiger partial charge on any atom is 0.254 e. The van der Waals surface area contributed by atoms with Crippen molar-refractivity contribution in [3.63, 3.8) is 0 Å². The van der Waals surface area contributed by atoms with Gasteiger partial charge in [0, 0.05) is 53.9 Å². The van der Waals surface area contributed by atoms with E-state index in [0.717, 1.165) is 11.4 Å². The Hall–Kier alpha value is -2.87. The smallest absolute Gasteiger partial charge is 0.254 e. The van der Waals surface area contributed by atoms with Gasteiger partial charge in [-0.3, -0.25) is 9.59 Å². The van der Waals surface area contributed by atoms with Crippen LogP contribution in [0.3, 0.4) is 0 Å². The first-order valence-corrected chi connectivity index (χ1v) is 12.4. The van der Waals surface area contributed by atoms with Gasteiger partial charge in [-0.1, -0.05) is 34.8 Å². The van der Waals surface area contributed by atoms with Crippen LogP contribution in [0.15, 0.2) is 54.6 Å². The predicted molar refractivity (Wildman–Crippen MR) is 139 cm³/mol. The minimum Gasteiger partial charge on any atom is -0.352 e. The van der Waals surface area contributed by atoms with E-state index < -0.39 is 0 Å². The van der Waals surface area contributed by atoms with Crippen LogP contribution in [0.25, 0.3) is 11.3 Å². The molecule has 1 aromatic heterocycles. The number of rotatable bonds is 6. The fourth-order valence-electron chi connectivity index (χ4n) is 3.89. The van der Waals surface area contributed by atoms with Crippen LogP contribution >= 0.6 is 34.8 Å². The molecule has 4 rings (SSSR count). The Bertz CT molecular complexity index is 1200. The normalized spacial score (nSPS) is 13.6. The first kappa shape index (κ1) is 25.2. The van der Waals surface area contributed by atoms with Gasteiger partial charge in [0.25, 0.3) is 5.91 Å². The lowest BCUT2D eigenvalue weighted by Crippen LogP contribution is -2.52. The zero-order valence-electron chi connectivity index (χ0n) is 19.1. The van der Waals surface area contributed by atoms with Gasteiger partial charge in [0.1, 0.15) is 6.54 Å². The quantitative estimate of drug-likeness (QED) is 0.451. The maximum absolute atomic E-state index is 12.9. The SMILES string of the molecule is CCN(CC(=O)N1CCN(c2ccc(-c3ccc(Cl)cc3Cl)nn2)CC1)C(=O)c1ccc(Cl)cc1. The second-order valence-electron chi connectivity index (χ2n) is 8.09. The van der Waals surface area contributed by atoms with Crippen LogP contribution < -0.4 is 4.90 Å². The number of halogens is 3. The molecule has 0 N–H and O–H groups in total. The highest BCUT2D eigenvalue weighted by Gasteiger charge is 2.25. The molecule has 0 aliphatic carbocycles. The second-order valence-corrected chi connectivity index (χ2v) is 9.38. The largest absolute Gasteiger partial charge is 0.352 e. The number of hydrogen-bond donors (Lipinski definition) is 0. The standard InChI is InChI=1S/C25H24Cl3N5O2/c1-2-31(25(35)17-3-5-18(26)6-4-17)16-24(34)33-13-11-32(12-14-33)23-10-9-22(29-30-23)20-8-7-19(27)15-21(20)28/h3-10,15H,2,11-14,16H2,1H3. The Morgan fingerprint density at radius 1 is 0.886 bits per heavy atom. The summed E-state index contributed by atoms with van der Waals surface area (Å²) in [7, 11) is 0. The molecule has 0 atom stereocenters. The number of benzene rings is 2. The topological polar surface area (TPSA) is 69.6 Å². The van der Waals surface area contributed by atoms with E-state index in [9.17, 15) is 9.59 Å². The molecule has 0 radical (unpaired) electrons. The summed E-state index contributed by atoms with van der Waals surface area (Å²) in [5.74, 6) is 0.471. The van der Waals surface area contributed by atoms with Gasteiger partial charge in [-0.15, -0.1) is 10.2 Å². The van der Waals surface area contributed by atoms with E-state index in [0.29, 0.717) is 59.0 Å². The van der Waals surface area contributed by atoms with Crippen molar-refractivity contribution in [1.82, 2.24) is 20.0 Å². The summed E-state index contributed by atoms with van der Waals surface area (Å²) in [4.78, 5) is 31.1. The van der Waals surface area contributed by atoms with Gasteiger partial charge in [-0.2, -0.15) is 0 Å². The molecule has 7 nitrogen and oxygen atoms in total. The van der Waals surface area contributed by atoms with E-state index in [1.165, 1.54) is 0 Å². The first-order valence-electron chi connectivity index (χ1n) is 11.2. The van der Waals surface area contributed by atoms with E-state index in [-0.39, 0.29) is 18.4 Å². The number of hydrogen-bond acceptors (Lipinski definition) is 5. The summed E-state index contributed by atoms with van der Waals surface area (Å²) in [5, 5.41) is 10.3. The third-order valence-electron chi connectivity index (χ3n) is 5.90. The molecule has 2 heterocycles. The fourth-order valence-corrected chi connectivity index (χ4v) is 4.52. The highest BCUT2D eigenvalue weighted by molar-refractivity contribution is 6.36. The summed E-state index contributed by atoms with van der Waals surface area (Å²) < 4.78 is 0. The molecule has 35 heavy (non-hydrogen) atoms. The van der Waals surface area contributed by atoms with Gasteiger partial charge in [0.2, 0.25) is 5.91 Å². The number of amides is 2. The molecule has 0 bridgehead atoms. The minimum absolute atomic E-state index is 0.0360. The van der Waals surface area contributed by atoms with Crippen LogP contribution in [0.5, 0.6) is 0 Å². The first-order chi connectivity index (χ1) is 16.9. The van der Waals surface area contributed by atoms with Crippen molar-refractivity contribution in [3.05, 3.63) is 75.2 Å². The van der Waals surface area contributed by atoms with E-state index in [2.05, 4.69) is 15.1 Å². The van der Waals surface area contributed by atoms with Crippen LogP contribution in [0.1, 0.15) is 17.3 Å². The number of anilines is 1. The zero-order valence-corrected chi connectivity index (χ0v) is 21.4. The number of nitrogens with zero attached hydrogens (tertiary/aromatic N) is 5. The van der Waals surface area contributed by atoms with Gasteiger partial charge in [0.05, 0.1) is 10.7 Å². The molecule has 1 fully saturated rings. The Kier molecular flexibility index (Phi) is 8.11. The van der Waals surface area contributed by atoms with Crippen molar-refractivity contribution >= 4 is 52.4 Å². The molecule has 0 unspecified atom stereocenters. The third kappa shape index (κ3) is 6.04. The molecular formula is C25H24Cl3N5O2. The van der Waals surface area contributed by atoms with Crippen LogP contribution in [-0.4, -0.2) is 71.1 Å². The molecule has 2 aromatic carbocycles. The average Bonchev–Trinajstić information content (AvgIpc) is 2.87. The summed E-state index contributed by atoms with van der Waals surface area (Å²) in [6.07, 6.45) is 0. The highest BCUT2D eigenvalue weighted by atomic mass is 35.5. The van der Waals surface area contributed by atoms with Gasteiger partial charge < -0.3 is 14.7 Å². The summed E-state index contributed by atoms with van der Waals surface area (Å²) in [5.41, 5.74) is 1.93. The third-order valence-corrected chi connectivity index (χ3v) is 6.70. The van der Waals surface area contributed by atoms with Gasteiger partial charge in [0.15, 0.2) is 5.82 Å². The molecule has 3 aromatic rings. The molecular weight excluding hydrogens is 509 g/mol. The molecule has 0 spiro atoms. The van der Waals surface area contributed by atoms with Crippen molar-refractivity contribution in [1.29, 1.82) is 0 Å². The molecule has 0 saturated carbocycles. The van der Waals surface area contributed by atoms with Crippen LogP contribution in [0, 0.1) is 0 Å². The minimum atomic E-state index is -0.188. The van der Waals surface area contributed by atoms with E-state index in [1.54, 1.807) is 46.2 Å². The summed E-state index contributed by atoms with van der Waals surface area (Å²) >= 11 is 18.2. The fraction of sp³-hybridized carbons (Fsp3) is 0.280. The lowest BCUT2D eigenvalue weighted by Gasteiger charge is -2.36. The molecule has 1 aliphatic rings. The van der Waals surface area contributed by atoms with Crippen LogP contribution in [-0.2, 0) is 4.79 Å². The Morgan fingerprint density at radius 2 is 1.57 bits per heavy atom. The number of likely N-dealkylation sites (N-methyl/N-ethyl adjacent to an activating group) is 1. The van der Waals surface area contributed by atoms with Crippen LogP contribution in [0.4, 0.5) is 5.82 Å². The highest BCUT2D eigenvalue weighted by Crippen LogP contribution is 2.29. The van der Waals surface area contributed by atoms with Gasteiger partial charge in [-0.25, -0.2) is 0 Å². The summed E-state index contributed by atoms with van der Waals surface area (Å²) in [6, 6.07) is 15.7. The number of carbonyl (C=O) groups excluding carboxylic acids is 2. The molecule has 1 aliphatic heterocycles. The van der Waals surface area contributed by atoms with Crippen molar-refractivity contribution in [3.8, 4) is 11.3 Å². The Balaban J connectivity index is 1.33. The lowest BCUT2D eigenvalue weighted by molar-refractivity contribution is -0.132. The maximum atomic E-state index is 12.9. The average molecular weight is 533 g/mol. The predicted octanol–water partition coefficient (Wildman–Crippen LogP) is 4.91. The van der Waals surface area contributed by atoms with Crippen molar-refractivity contribution in [2.75, 3.05) is 44.2 Å². The number of carbonyl (C=O) groups is 2. The van der Waals surface area contributed by atoms with E-state index in [1.807, 2.05) is 25.1 Å².